The number of piperazine rings is 1. The molecule has 0 radical (unpaired) electrons. The van der Waals surface area contributed by atoms with E-state index in [0.717, 1.165) is 18.3 Å². The number of benzene rings is 1. The van der Waals surface area contributed by atoms with Crippen LogP contribution in [0.5, 0.6) is 5.75 Å². The van der Waals surface area contributed by atoms with Gasteiger partial charge in [0.15, 0.2) is 0 Å². The first kappa shape index (κ1) is 13.7. The lowest BCUT2D eigenvalue weighted by Crippen LogP contribution is -2.58. The Balaban J connectivity index is 1.92. The first-order valence-electron chi connectivity index (χ1n) is 7.84. The van der Waals surface area contributed by atoms with Gasteiger partial charge in [-0.1, -0.05) is 26.0 Å². The lowest BCUT2D eigenvalue weighted by Gasteiger charge is -2.47. The van der Waals surface area contributed by atoms with Crippen molar-refractivity contribution < 1.29 is 4.74 Å². The van der Waals surface area contributed by atoms with Gasteiger partial charge in [-0.15, -0.1) is 0 Å². The minimum Gasteiger partial charge on any atom is -0.495 e. The summed E-state index contributed by atoms with van der Waals surface area (Å²) in [5.74, 6) is 1.66. The molecule has 0 saturated carbocycles. The fourth-order valence-electron chi connectivity index (χ4n) is 3.76. The van der Waals surface area contributed by atoms with Gasteiger partial charge in [0.1, 0.15) is 5.75 Å². The van der Waals surface area contributed by atoms with Gasteiger partial charge in [-0.2, -0.15) is 0 Å². The van der Waals surface area contributed by atoms with Gasteiger partial charge in [0.2, 0.25) is 0 Å². The Bertz CT molecular complexity index is 460. The zero-order chi connectivity index (χ0) is 14.1. The molecule has 0 aromatic heterocycles. The van der Waals surface area contributed by atoms with E-state index in [0.29, 0.717) is 12.0 Å². The topological polar surface area (TPSA) is 15.7 Å². The van der Waals surface area contributed by atoms with Gasteiger partial charge in [0.05, 0.1) is 12.8 Å². The van der Waals surface area contributed by atoms with E-state index in [1.54, 1.807) is 7.11 Å². The summed E-state index contributed by atoms with van der Waals surface area (Å²) in [6.45, 7) is 8.30. The molecule has 3 rings (SSSR count). The lowest BCUT2D eigenvalue weighted by atomic mass is 9.96. The Hall–Kier alpha value is -1.22. The largest absolute Gasteiger partial charge is 0.495 e. The standard InChI is InChI=1S/C17H26N2O/c1-13(2)16-12-18-10-6-7-14(18)11-19(16)15-8-4-5-9-17(15)20-3/h4-5,8-9,13-14,16H,6-7,10-12H2,1-3H3. The number of ether oxygens (including phenoxy) is 1. The summed E-state index contributed by atoms with van der Waals surface area (Å²) in [6, 6.07) is 9.78. The van der Waals surface area contributed by atoms with Crippen LogP contribution in [0.2, 0.25) is 0 Å². The monoisotopic (exact) mass is 274 g/mol. The van der Waals surface area contributed by atoms with Gasteiger partial charge in [-0.3, -0.25) is 4.90 Å². The molecule has 1 aromatic carbocycles. The van der Waals surface area contributed by atoms with E-state index in [2.05, 4.69) is 47.9 Å². The number of fused-ring (bicyclic) bond motifs is 1. The van der Waals surface area contributed by atoms with Gasteiger partial charge >= 0.3 is 0 Å². The summed E-state index contributed by atoms with van der Waals surface area (Å²) in [5.41, 5.74) is 1.26. The van der Waals surface area contributed by atoms with Crippen LogP contribution < -0.4 is 9.64 Å². The van der Waals surface area contributed by atoms with Gasteiger partial charge in [-0.05, 0) is 37.4 Å². The van der Waals surface area contributed by atoms with Crippen molar-refractivity contribution in [2.45, 2.75) is 38.8 Å². The average Bonchev–Trinajstić information content (AvgIpc) is 2.93. The van der Waals surface area contributed by atoms with E-state index in [4.69, 9.17) is 4.74 Å². The second-order valence-electron chi connectivity index (χ2n) is 6.43. The molecule has 0 N–H and O–H groups in total. The van der Waals surface area contributed by atoms with Gasteiger partial charge < -0.3 is 9.64 Å². The Labute approximate surface area is 122 Å². The third-order valence-electron chi connectivity index (χ3n) is 4.89. The van der Waals surface area contributed by atoms with Crippen LogP contribution in [-0.2, 0) is 0 Å². The summed E-state index contributed by atoms with van der Waals surface area (Å²) < 4.78 is 5.58. The quantitative estimate of drug-likeness (QED) is 0.842. The van der Waals surface area contributed by atoms with Crippen LogP contribution in [0.15, 0.2) is 24.3 Å². The first-order valence-corrected chi connectivity index (χ1v) is 7.84. The van der Waals surface area contributed by atoms with Crippen molar-refractivity contribution in [2.75, 3.05) is 31.6 Å². The van der Waals surface area contributed by atoms with Crippen molar-refractivity contribution in [1.29, 1.82) is 0 Å². The Morgan fingerprint density at radius 1 is 1.20 bits per heavy atom. The van der Waals surface area contributed by atoms with Crippen LogP contribution in [0.4, 0.5) is 5.69 Å². The number of hydrogen-bond donors (Lipinski definition) is 0. The Morgan fingerprint density at radius 3 is 2.75 bits per heavy atom. The zero-order valence-electron chi connectivity index (χ0n) is 12.9. The van der Waals surface area contributed by atoms with Crippen LogP contribution in [0.3, 0.4) is 0 Å². The third kappa shape index (κ3) is 2.39. The molecule has 1 aromatic rings. The first-order chi connectivity index (χ1) is 9.70. The minimum absolute atomic E-state index is 0.584. The molecular formula is C17H26N2O. The van der Waals surface area contributed by atoms with Crippen LogP contribution in [0, 0.1) is 5.92 Å². The molecule has 0 amide bonds. The number of methoxy groups -OCH3 is 1. The number of rotatable bonds is 3. The number of nitrogens with zero attached hydrogens (tertiary/aromatic N) is 2. The second kappa shape index (κ2) is 5.65. The maximum Gasteiger partial charge on any atom is 0.142 e. The fourth-order valence-corrected chi connectivity index (χ4v) is 3.76. The van der Waals surface area contributed by atoms with Gasteiger partial charge in [0.25, 0.3) is 0 Å². The molecule has 3 nitrogen and oxygen atoms in total. The molecule has 2 saturated heterocycles. The molecule has 2 fully saturated rings. The maximum absolute atomic E-state index is 5.58. The van der Waals surface area contributed by atoms with E-state index in [-0.39, 0.29) is 0 Å². The molecule has 2 heterocycles. The van der Waals surface area contributed by atoms with Crippen molar-refractivity contribution in [3.05, 3.63) is 24.3 Å². The zero-order valence-corrected chi connectivity index (χ0v) is 12.9. The fraction of sp³-hybridized carbons (Fsp3) is 0.647. The van der Waals surface area contributed by atoms with Gasteiger partial charge in [-0.25, -0.2) is 0 Å². The van der Waals surface area contributed by atoms with Crippen molar-refractivity contribution in [1.82, 2.24) is 4.90 Å². The van der Waals surface area contributed by atoms with E-state index in [1.165, 1.54) is 31.6 Å². The van der Waals surface area contributed by atoms with Crippen molar-refractivity contribution in [2.24, 2.45) is 5.92 Å². The van der Waals surface area contributed by atoms with E-state index >= 15 is 0 Å². The van der Waals surface area contributed by atoms with Crippen molar-refractivity contribution in [3.8, 4) is 5.75 Å². The van der Waals surface area contributed by atoms with Gasteiger partial charge in [0, 0.05) is 25.2 Å². The predicted octanol–water partition coefficient (Wildman–Crippen LogP) is 3.00. The summed E-state index contributed by atoms with van der Waals surface area (Å²) in [4.78, 5) is 5.28. The summed E-state index contributed by atoms with van der Waals surface area (Å²) in [7, 11) is 1.77. The molecule has 110 valence electrons. The molecule has 0 spiro atoms. The highest BCUT2D eigenvalue weighted by molar-refractivity contribution is 5.59. The van der Waals surface area contributed by atoms with Crippen molar-refractivity contribution >= 4 is 5.69 Å². The summed E-state index contributed by atoms with van der Waals surface area (Å²) >= 11 is 0. The highest BCUT2D eigenvalue weighted by Crippen LogP contribution is 2.36. The predicted molar refractivity (Wildman–Crippen MR) is 83.6 cm³/mol. The highest BCUT2D eigenvalue weighted by atomic mass is 16.5. The number of hydrogen-bond acceptors (Lipinski definition) is 3. The molecule has 2 aliphatic heterocycles. The van der Waals surface area contributed by atoms with Crippen LogP contribution in [-0.4, -0.2) is 43.7 Å². The van der Waals surface area contributed by atoms with E-state index < -0.39 is 0 Å². The molecule has 2 unspecified atom stereocenters. The number of anilines is 1. The molecule has 20 heavy (non-hydrogen) atoms. The minimum atomic E-state index is 0.584. The molecule has 0 aliphatic carbocycles. The number of para-hydroxylation sites is 2. The summed E-state index contributed by atoms with van der Waals surface area (Å²) in [6.07, 6.45) is 2.70. The lowest BCUT2D eigenvalue weighted by molar-refractivity contribution is 0.176. The maximum atomic E-state index is 5.58. The molecule has 0 bridgehead atoms. The normalized spacial score (nSPS) is 26.9. The third-order valence-corrected chi connectivity index (χ3v) is 4.89. The Morgan fingerprint density at radius 2 is 2.00 bits per heavy atom. The van der Waals surface area contributed by atoms with Crippen LogP contribution >= 0.6 is 0 Å². The molecule has 2 atom stereocenters. The molecular weight excluding hydrogens is 248 g/mol. The van der Waals surface area contributed by atoms with Crippen LogP contribution in [0.25, 0.3) is 0 Å². The molecule has 2 aliphatic rings. The highest BCUT2D eigenvalue weighted by Gasteiger charge is 2.38. The van der Waals surface area contributed by atoms with Crippen molar-refractivity contribution in [3.63, 3.8) is 0 Å². The average molecular weight is 274 g/mol. The van der Waals surface area contributed by atoms with E-state index in [1.807, 2.05) is 0 Å². The van der Waals surface area contributed by atoms with E-state index in [9.17, 15) is 0 Å². The van der Waals surface area contributed by atoms with Crippen LogP contribution in [0.1, 0.15) is 26.7 Å². The second-order valence-corrected chi connectivity index (χ2v) is 6.43. The Kier molecular flexibility index (Phi) is 3.88. The molecule has 3 heteroatoms. The smallest absolute Gasteiger partial charge is 0.142 e. The summed E-state index contributed by atoms with van der Waals surface area (Å²) in [5, 5.41) is 0. The SMILES string of the molecule is COc1ccccc1N1CC2CCCN2CC1C(C)C.